The van der Waals surface area contributed by atoms with Gasteiger partial charge in [-0.25, -0.2) is 9.13 Å². The molecular formula is C19H37N2+. The van der Waals surface area contributed by atoms with E-state index in [0.29, 0.717) is 0 Å². The molecule has 1 aromatic heterocycles. The van der Waals surface area contributed by atoms with E-state index in [9.17, 15) is 0 Å². The van der Waals surface area contributed by atoms with Crippen molar-refractivity contribution in [1.82, 2.24) is 4.57 Å². The van der Waals surface area contributed by atoms with Crippen LogP contribution in [0.1, 0.15) is 90.3 Å². The summed E-state index contributed by atoms with van der Waals surface area (Å²) in [4.78, 5) is 0. The van der Waals surface area contributed by atoms with Crippen molar-refractivity contribution in [3.63, 3.8) is 0 Å². The van der Waals surface area contributed by atoms with Crippen LogP contribution in [-0.4, -0.2) is 4.57 Å². The zero-order chi connectivity index (χ0) is 15.3. The highest BCUT2D eigenvalue weighted by molar-refractivity contribution is 4.79. The fourth-order valence-corrected chi connectivity index (χ4v) is 3.02. The molecule has 1 rings (SSSR count). The number of hydrogen-bond donors (Lipinski definition) is 0. The molecule has 0 unspecified atom stereocenters. The Hall–Kier alpha value is -0.790. The molecule has 2 heteroatoms. The Morgan fingerprint density at radius 1 is 0.810 bits per heavy atom. The van der Waals surface area contributed by atoms with Crippen LogP contribution in [0.3, 0.4) is 0 Å². The second-order valence-corrected chi connectivity index (χ2v) is 6.41. The fraction of sp³-hybridized carbons (Fsp3) is 0.842. The average Bonchev–Trinajstić information content (AvgIpc) is 2.83. The maximum Gasteiger partial charge on any atom is 0.253 e. The maximum atomic E-state index is 2.42. The first kappa shape index (κ1) is 18.3. The van der Waals surface area contributed by atoms with Gasteiger partial charge in [0.25, 0.3) is 5.82 Å². The van der Waals surface area contributed by atoms with Crippen LogP contribution in [0.15, 0.2) is 12.4 Å². The van der Waals surface area contributed by atoms with Gasteiger partial charge in [0.05, 0.1) is 13.1 Å². The van der Waals surface area contributed by atoms with Crippen molar-refractivity contribution in [2.75, 3.05) is 0 Å². The number of imidazole rings is 1. The van der Waals surface area contributed by atoms with Crippen LogP contribution < -0.4 is 4.57 Å². The molecule has 0 aromatic carbocycles. The highest BCUT2D eigenvalue weighted by Crippen LogP contribution is 2.10. The van der Waals surface area contributed by atoms with Crippen molar-refractivity contribution in [1.29, 1.82) is 0 Å². The molecule has 0 aliphatic carbocycles. The number of aryl methyl sites for hydroxylation is 2. The first-order valence-electron chi connectivity index (χ1n) is 9.34. The third-order valence-corrected chi connectivity index (χ3v) is 4.47. The van der Waals surface area contributed by atoms with Crippen LogP contribution in [0.5, 0.6) is 0 Å². The molecule has 0 amide bonds. The van der Waals surface area contributed by atoms with E-state index in [1.165, 1.54) is 83.0 Å². The standard InChI is InChI=1S/C19H37N2/c1-4-6-7-8-9-10-11-12-13-14-16-21-18-17-20(15-5-2)19(21)3/h17-18H,4-16H2,1-3H3/q+1. The van der Waals surface area contributed by atoms with Crippen LogP contribution in [0.2, 0.25) is 0 Å². The smallest absolute Gasteiger partial charge is 0.235 e. The van der Waals surface area contributed by atoms with Gasteiger partial charge in [-0.1, -0.05) is 65.2 Å². The maximum absolute atomic E-state index is 2.42. The summed E-state index contributed by atoms with van der Waals surface area (Å²) in [5, 5.41) is 0. The molecule has 1 heterocycles. The van der Waals surface area contributed by atoms with E-state index < -0.39 is 0 Å². The lowest BCUT2D eigenvalue weighted by atomic mass is 10.1. The summed E-state index contributed by atoms with van der Waals surface area (Å²) < 4.78 is 4.79. The van der Waals surface area contributed by atoms with E-state index in [1.807, 2.05) is 0 Å². The lowest BCUT2D eigenvalue weighted by Gasteiger charge is -2.02. The Morgan fingerprint density at radius 3 is 1.95 bits per heavy atom. The van der Waals surface area contributed by atoms with Gasteiger partial charge in [-0.2, -0.15) is 0 Å². The van der Waals surface area contributed by atoms with Crippen molar-refractivity contribution in [2.45, 2.75) is 104 Å². The SMILES string of the molecule is CCCCCCCCCCCC[n+]1ccn(CCC)c1C. The molecule has 0 saturated carbocycles. The van der Waals surface area contributed by atoms with Crippen LogP contribution in [0, 0.1) is 6.92 Å². The van der Waals surface area contributed by atoms with Gasteiger partial charge < -0.3 is 0 Å². The molecular weight excluding hydrogens is 256 g/mol. The summed E-state index contributed by atoms with van der Waals surface area (Å²) in [5.41, 5.74) is 0. The van der Waals surface area contributed by atoms with E-state index in [4.69, 9.17) is 0 Å². The van der Waals surface area contributed by atoms with Gasteiger partial charge in [0, 0.05) is 6.92 Å². The van der Waals surface area contributed by atoms with E-state index in [1.54, 1.807) is 0 Å². The zero-order valence-corrected chi connectivity index (χ0v) is 14.7. The van der Waals surface area contributed by atoms with Crippen LogP contribution in [0.4, 0.5) is 0 Å². The second kappa shape index (κ2) is 11.8. The fourth-order valence-electron chi connectivity index (χ4n) is 3.02. The molecule has 0 spiro atoms. The molecule has 21 heavy (non-hydrogen) atoms. The molecule has 0 aliphatic heterocycles. The third kappa shape index (κ3) is 7.68. The number of unbranched alkanes of at least 4 members (excludes halogenated alkanes) is 9. The van der Waals surface area contributed by atoms with Gasteiger partial charge >= 0.3 is 0 Å². The van der Waals surface area contributed by atoms with Gasteiger partial charge in [0.2, 0.25) is 0 Å². The van der Waals surface area contributed by atoms with Crippen molar-refractivity contribution < 1.29 is 4.57 Å². The minimum Gasteiger partial charge on any atom is -0.235 e. The van der Waals surface area contributed by atoms with Crippen LogP contribution >= 0.6 is 0 Å². The lowest BCUT2D eigenvalue weighted by molar-refractivity contribution is -0.702. The van der Waals surface area contributed by atoms with Crippen LogP contribution in [-0.2, 0) is 13.1 Å². The van der Waals surface area contributed by atoms with E-state index in [2.05, 4.69) is 42.3 Å². The summed E-state index contributed by atoms with van der Waals surface area (Å²) in [6, 6.07) is 0. The van der Waals surface area contributed by atoms with E-state index in [0.717, 1.165) is 6.54 Å². The zero-order valence-electron chi connectivity index (χ0n) is 14.7. The summed E-state index contributed by atoms with van der Waals surface area (Å²) in [7, 11) is 0. The van der Waals surface area contributed by atoms with Gasteiger partial charge in [-0.3, -0.25) is 0 Å². The van der Waals surface area contributed by atoms with E-state index >= 15 is 0 Å². The van der Waals surface area contributed by atoms with Crippen molar-refractivity contribution in [3.05, 3.63) is 18.2 Å². The first-order valence-corrected chi connectivity index (χ1v) is 9.34. The Balaban J connectivity index is 1.99. The van der Waals surface area contributed by atoms with Gasteiger partial charge in [-0.05, 0) is 19.3 Å². The lowest BCUT2D eigenvalue weighted by Crippen LogP contribution is -2.35. The van der Waals surface area contributed by atoms with Gasteiger partial charge in [0.15, 0.2) is 0 Å². The summed E-state index contributed by atoms with van der Waals surface area (Å²) in [5.74, 6) is 1.41. The molecule has 0 bridgehead atoms. The van der Waals surface area contributed by atoms with E-state index in [-0.39, 0.29) is 0 Å². The molecule has 122 valence electrons. The minimum absolute atomic E-state index is 1.15. The quantitative estimate of drug-likeness (QED) is 0.339. The minimum atomic E-state index is 1.15. The molecule has 0 fully saturated rings. The number of hydrogen-bond acceptors (Lipinski definition) is 0. The Kier molecular flexibility index (Phi) is 10.3. The molecule has 0 radical (unpaired) electrons. The molecule has 2 nitrogen and oxygen atoms in total. The second-order valence-electron chi connectivity index (χ2n) is 6.41. The Bertz CT molecular complexity index is 354. The van der Waals surface area contributed by atoms with Gasteiger partial charge in [0.1, 0.15) is 12.4 Å². The first-order chi connectivity index (χ1) is 10.3. The van der Waals surface area contributed by atoms with Crippen molar-refractivity contribution in [2.24, 2.45) is 0 Å². The number of nitrogens with zero attached hydrogens (tertiary/aromatic N) is 2. The summed E-state index contributed by atoms with van der Waals surface area (Å²) >= 11 is 0. The Labute approximate surface area is 132 Å². The third-order valence-electron chi connectivity index (χ3n) is 4.47. The molecule has 1 aromatic rings. The predicted octanol–water partition coefficient (Wildman–Crippen LogP) is 5.41. The molecule has 0 saturated heterocycles. The normalized spacial score (nSPS) is 11.2. The average molecular weight is 294 g/mol. The highest BCUT2D eigenvalue weighted by atomic mass is 15.1. The number of rotatable bonds is 13. The highest BCUT2D eigenvalue weighted by Gasteiger charge is 2.10. The largest absolute Gasteiger partial charge is 0.253 e. The monoisotopic (exact) mass is 293 g/mol. The molecule has 0 aliphatic rings. The molecule has 0 N–H and O–H groups in total. The van der Waals surface area contributed by atoms with Crippen molar-refractivity contribution in [3.8, 4) is 0 Å². The summed E-state index contributed by atoms with van der Waals surface area (Å²) in [6.07, 6.45) is 19.9. The predicted molar refractivity (Wildman–Crippen MR) is 91.5 cm³/mol. The molecule has 0 atom stereocenters. The van der Waals surface area contributed by atoms with Crippen LogP contribution in [0.25, 0.3) is 0 Å². The van der Waals surface area contributed by atoms with Gasteiger partial charge in [-0.15, -0.1) is 0 Å². The van der Waals surface area contributed by atoms with Crippen molar-refractivity contribution >= 4 is 0 Å². The Morgan fingerprint density at radius 2 is 1.38 bits per heavy atom. The summed E-state index contributed by atoms with van der Waals surface area (Å²) in [6.45, 7) is 9.12. The topological polar surface area (TPSA) is 8.81 Å². The number of aromatic nitrogens is 2.